The van der Waals surface area contributed by atoms with Crippen LogP contribution in [0.1, 0.15) is 74.8 Å². The van der Waals surface area contributed by atoms with Crippen molar-refractivity contribution in [1.82, 2.24) is 30.1 Å². The molecule has 2 fully saturated rings. The van der Waals surface area contributed by atoms with Crippen molar-refractivity contribution in [3.8, 4) is 11.5 Å². The van der Waals surface area contributed by atoms with E-state index in [1.807, 2.05) is 16.8 Å². The van der Waals surface area contributed by atoms with Crippen LogP contribution >= 0.6 is 0 Å². The molecule has 1 aliphatic carbocycles. The van der Waals surface area contributed by atoms with Crippen LogP contribution in [0, 0.1) is 0 Å². The number of tetrazole rings is 1. The van der Waals surface area contributed by atoms with Gasteiger partial charge in [-0.05, 0) is 61.3 Å². The summed E-state index contributed by atoms with van der Waals surface area (Å²) < 4.78 is 12.9. The Labute approximate surface area is 193 Å². The summed E-state index contributed by atoms with van der Waals surface area (Å²) in [6.45, 7) is 1.84. The fourth-order valence-electron chi connectivity index (χ4n) is 5.39. The Hall–Kier alpha value is -2.94. The summed E-state index contributed by atoms with van der Waals surface area (Å²) in [6, 6.07) is 5.69. The monoisotopic (exact) mass is 452 g/mol. The molecule has 2 aliphatic rings. The molecule has 0 unspecified atom stereocenters. The number of pyridine rings is 1. The summed E-state index contributed by atoms with van der Waals surface area (Å²) in [6.07, 6.45) is 9.23. The van der Waals surface area contributed by atoms with E-state index >= 15 is 0 Å². The average Bonchev–Trinajstić information content (AvgIpc) is 3.34. The minimum absolute atomic E-state index is 0.122. The standard InChI is InChI=1S/C24H32N6O3/c1-32-20-14-16-13-18(24(31)25-19(16)15-21(20)33-2)22(29-11-7-4-8-12-29)23-26-27-28-30(23)17-9-5-3-6-10-17/h13-15,17,22H,3-12H2,1-2H3,(H,25,31)/t22-/m0/s1. The Bertz CT molecular complexity index is 1160. The molecule has 0 bridgehead atoms. The zero-order valence-electron chi connectivity index (χ0n) is 19.4. The predicted octanol–water partition coefficient (Wildman–Crippen LogP) is 3.61. The van der Waals surface area contributed by atoms with Crippen molar-refractivity contribution in [2.24, 2.45) is 0 Å². The fraction of sp³-hybridized carbons (Fsp3) is 0.583. The molecule has 1 atom stereocenters. The lowest BCUT2D eigenvalue weighted by atomic mass is 9.94. The summed E-state index contributed by atoms with van der Waals surface area (Å²) in [5.41, 5.74) is 1.26. The summed E-state index contributed by atoms with van der Waals surface area (Å²) in [4.78, 5) is 18.9. The number of H-pyrrole nitrogens is 1. The van der Waals surface area contributed by atoms with E-state index in [0.29, 0.717) is 28.6 Å². The first kappa shape index (κ1) is 21.9. The third kappa shape index (κ3) is 4.21. The van der Waals surface area contributed by atoms with Crippen molar-refractivity contribution in [1.29, 1.82) is 0 Å². The SMILES string of the molecule is COc1cc2cc([C@@H](c3nnnn3C3CCCCC3)N3CCCCC3)c(=O)[nH]c2cc1OC. The van der Waals surface area contributed by atoms with E-state index in [1.165, 1.54) is 25.7 Å². The van der Waals surface area contributed by atoms with Gasteiger partial charge in [-0.25, -0.2) is 4.68 Å². The quantitative estimate of drug-likeness (QED) is 0.610. The second-order valence-electron chi connectivity index (χ2n) is 9.12. The largest absolute Gasteiger partial charge is 0.493 e. The number of rotatable bonds is 6. The van der Waals surface area contributed by atoms with Gasteiger partial charge in [0.25, 0.3) is 5.56 Å². The number of ether oxygens (including phenoxy) is 2. The molecular formula is C24H32N6O3. The summed E-state index contributed by atoms with van der Waals surface area (Å²) in [5, 5.41) is 13.8. The number of fused-ring (bicyclic) bond motifs is 1. The number of nitrogens with zero attached hydrogens (tertiary/aromatic N) is 5. The molecule has 0 amide bonds. The van der Waals surface area contributed by atoms with E-state index in [2.05, 4.69) is 25.4 Å². The number of hydrogen-bond donors (Lipinski definition) is 1. The number of aromatic amines is 1. The number of piperidine rings is 1. The molecule has 5 rings (SSSR count). The Balaban J connectivity index is 1.64. The Kier molecular flexibility index (Phi) is 6.30. The Morgan fingerprint density at radius 1 is 0.970 bits per heavy atom. The van der Waals surface area contributed by atoms with Crippen molar-refractivity contribution in [2.75, 3.05) is 27.3 Å². The van der Waals surface area contributed by atoms with Crippen LogP contribution in [0.25, 0.3) is 10.9 Å². The molecule has 0 spiro atoms. The number of hydrogen-bond acceptors (Lipinski definition) is 7. The highest BCUT2D eigenvalue weighted by Crippen LogP contribution is 2.36. The molecule has 33 heavy (non-hydrogen) atoms. The number of likely N-dealkylation sites (tertiary alicyclic amines) is 1. The van der Waals surface area contributed by atoms with Gasteiger partial charge in [-0.1, -0.05) is 25.7 Å². The van der Waals surface area contributed by atoms with E-state index in [4.69, 9.17) is 9.47 Å². The zero-order chi connectivity index (χ0) is 22.8. The van der Waals surface area contributed by atoms with E-state index < -0.39 is 0 Å². The van der Waals surface area contributed by atoms with Gasteiger partial charge in [-0.2, -0.15) is 0 Å². The number of nitrogens with one attached hydrogen (secondary N) is 1. The second-order valence-corrected chi connectivity index (χ2v) is 9.12. The van der Waals surface area contributed by atoms with E-state index in [1.54, 1.807) is 20.3 Å². The normalized spacial score (nSPS) is 19.0. The highest BCUT2D eigenvalue weighted by molar-refractivity contribution is 5.83. The highest BCUT2D eigenvalue weighted by Gasteiger charge is 2.33. The minimum atomic E-state index is -0.288. The topological polar surface area (TPSA) is 98.2 Å². The van der Waals surface area contributed by atoms with E-state index in [-0.39, 0.29) is 11.6 Å². The lowest BCUT2D eigenvalue weighted by Crippen LogP contribution is -2.39. The Morgan fingerprint density at radius 3 is 2.39 bits per heavy atom. The van der Waals surface area contributed by atoms with E-state index in [9.17, 15) is 4.79 Å². The van der Waals surface area contributed by atoms with Crippen LogP contribution in [0.2, 0.25) is 0 Å². The van der Waals surface area contributed by atoms with Crippen molar-refractivity contribution >= 4 is 10.9 Å². The molecule has 176 valence electrons. The highest BCUT2D eigenvalue weighted by atomic mass is 16.5. The summed E-state index contributed by atoms with van der Waals surface area (Å²) >= 11 is 0. The molecule has 1 aromatic carbocycles. The maximum absolute atomic E-state index is 13.4. The molecular weight excluding hydrogens is 420 g/mol. The number of methoxy groups -OCH3 is 2. The van der Waals surface area contributed by atoms with Gasteiger partial charge >= 0.3 is 0 Å². The van der Waals surface area contributed by atoms with Gasteiger partial charge in [0.2, 0.25) is 0 Å². The Morgan fingerprint density at radius 2 is 1.67 bits per heavy atom. The molecule has 9 nitrogen and oxygen atoms in total. The van der Waals surface area contributed by atoms with Crippen LogP contribution in [0.5, 0.6) is 11.5 Å². The van der Waals surface area contributed by atoms with Crippen molar-refractivity contribution < 1.29 is 9.47 Å². The maximum Gasteiger partial charge on any atom is 0.253 e. The van der Waals surface area contributed by atoms with Crippen LogP contribution in [-0.2, 0) is 0 Å². The molecule has 2 aromatic heterocycles. The molecule has 3 heterocycles. The van der Waals surface area contributed by atoms with Gasteiger partial charge in [-0.3, -0.25) is 9.69 Å². The molecule has 1 saturated heterocycles. The first-order valence-corrected chi connectivity index (χ1v) is 12.0. The van der Waals surface area contributed by atoms with Crippen LogP contribution in [0.15, 0.2) is 23.0 Å². The van der Waals surface area contributed by atoms with Gasteiger partial charge in [0.15, 0.2) is 17.3 Å². The molecule has 1 aliphatic heterocycles. The summed E-state index contributed by atoms with van der Waals surface area (Å²) in [7, 11) is 3.21. The first-order chi connectivity index (χ1) is 16.2. The maximum atomic E-state index is 13.4. The molecule has 0 radical (unpaired) electrons. The van der Waals surface area contributed by atoms with Crippen LogP contribution < -0.4 is 15.0 Å². The second kappa shape index (κ2) is 9.51. The fourth-order valence-corrected chi connectivity index (χ4v) is 5.39. The lowest BCUT2D eigenvalue weighted by molar-refractivity contribution is 0.171. The van der Waals surface area contributed by atoms with Crippen LogP contribution in [-0.4, -0.2) is 57.4 Å². The van der Waals surface area contributed by atoms with Crippen molar-refractivity contribution in [3.05, 3.63) is 39.9 Å². The smallest absolute Gasteiger partial charge is 0.253 e. The average molecular weight is 453 g/mol. The zero-order valence-corrected chi connectivity index (χ0v) is 19.4. The third-order valence-electron chi connectivity index (χ3n) is 7.11. The van der Waals surface area contributed by atoms with Gasteiger partial charge in [0.1, 0.15) is 6.04 Å². The minimum Gasteiger partial charge on any atom is -0.493 e. The van der Waals surface area contributed by atoms with Crippen molar-refractivity contribution in [2.45, 2.75) is 63.5 Å². The van der Waals surface area contributed by atoms with Gasteiger partial charge < -0.3 is 14.5 Å². The third-order valence-corrected chi connectivity index (χ3v) is 7.11. The van der Waals surface area contributed by atoms with Gasteiger partial charge in [0.05, 0.1) is 25.8 Å². The number of aromatic nitrogens is 5. The van der Waals surface area contributed by atoms with Gasteiger partial charge in [-0.15, -0.1) is 5.10 Å². The molecule has 3 aromatic rings. The number of benzene rings is 1. The molecule has 1 N–H and O–H groups in total. The van der Waals surface area contributed by atoms with Crippen LogP contribution in [0.4, 0.5) is 0 Å². The lowest BCUT2D eigenvalue weighted by Gasteiger charge is -2.34. The molecule has 9 heteroatoms. The predicted molar refractivity (Wildman–Crippen MR) is 125 cm³/mol. The summed E-state index contributed by atoms with van der Waals surface area (Å²) in [5.74, 6) is 1.99. The molecule has 1 saturated carbocycles. The van der Waals surface area contributed by atoms with E-state index in [0.717, 1.165) is 50.0 Å². The van der Waals surface area contributed by atoms with Crippen LogP contribution in [0.3, 0.4) is 0 Å². The van der Waals surface area contributed by atoms with Gasteiger partial charge in [0, 0.05) is 17.0 Å². The first-order valence-electron chi connectivity index (χ1n) is 12.0. The van der Waals surface area contributed by atoms with Crippen molar-refractivity contribution in [3.63, 3.8) is 0 Å².